The molecule has 10 heteroatoms. The standard InChI is InChI=1S/C13H12N4O5S/c14-23(21,22)12-4-1-10(2-5-12)16-15-8-9-7-11(17(19)20)3-6-13(9)18/h1-8,16,18H,(H2,14,21,22)/b15-8-. The summed E-state index contributed by atoms with van der Waals surface area (Å²) in [5, 5.41) is 29.1. The van der Waals surface area contributed by atoms with Crippen molar-refractivity contribution in [2.24, 2.45) is 10.2 Å². The Labute approximate surface area is 131 Å². The highest BCUT2D eigenvalue weighted by molar-refractivity contribution is 7.89. The fourth-order valence-corrected chi connectivity index (χ4v) is 2.17. The summed E-state index contributed by atoms with van der Waals surface area (Å²) >= 11 is 0. The van der Waals surface area contributed by atoms with Crippen LogP contribution in [0.25, 0.3) is 0 Å². The van der Waals surface area contributed by atoms with E-state index >= 15 is 0 Å². The molecule has 0 bridgehead atoms. The number of phenolic OH excluding ortho intramolecular Hbond substituents is 1. The second kappa shape index (κ2) is 6.42. The topological polar surface area (TPSA) is 148 Å². The predicted molar refractivity (Wildman–Crippen MR) is 83.8 cm³/mol. The number of hydrogen-bond acceptors (Lipinski definition) is 7. The number of hydrazone groups is 1. The van der Waals surface area contributed by atoms with Crippen LogP contribution < -0.4 is 10.6 Å². The van der Waals surface area contributed by atoms with Crippen molar-refractivity contribution in [1.82, 2.24) is 0 Å². The number of hydrogen-bond donors (Lipinski definition) is 3. The lowest BCUT2D eigenvalue weighted by molar-refractivity contribution is -0.384. The van der Waals surface area contributed by atoms with Crippen LogP contribution in [-0.4, -0.2) is 24.7 Å². The number of nitro groups is 1. The molecule has 0 amide bonds. The van der Waals surface area contributed by atoms with Crippen molar-refractivity contribution in [2.45, 2.75) is 4.90 Å². The Hall–Kier alpha value is -2.98. The zero-order valence-corrected chi connectivity index (χ0v) is 12.4. The molecule has 0 unspecified atom stereocenters. The van der Waals surface area contributed by atoms with Crippen molar-refractivity contribution >= 4 is 27.6 Å². The van der Waals surface area contributed by atoms with Crippen LogP contribution in [-0.2, 0) is 10.0 Å². The van der Waals surface area contributed by atoms with Gasteiger partial charge in [0.25, 0.3) is 5.69 Å². The van der Waals surface area contributed by atoms with Gasteiger partial charge in [-0.3, -0.25) is 15.5 Å². The highest BCUT2D eigenvalue weighted by Gasteiger charge is 2.09. The molecule has 2 aromatic carbocycles. The first-order valence-corrected chi connectivity index (χ1v) is 7.71. The molecular formula is C13H12N4O5S. The molecule has 0 aromatic heterocycles. The molecule has 0 atom stereocenters. The number of sulfonamides is 1. The molecule has 23 heavy (non-hydrogen) atoms. The quantitative estimate of drug-likeness (QED) is 0.427. The maximum Gasteiger partial charge on any atom is 0.270 e. The van der Waals surface area contributed by atoms with Gasteiger partial charge in [-0.05, 0) is 30.3 Å². The minimum Gasteiger partial charge on any atom is -0.507 e. The highest BCUT2D eigenvalue weighted by Crippen LogP contribution is 2.21. The molecule has 0 saturated carbocycles. The highest BCUT2D eigenvalue weighted by atomic mass is 32.2. The summed E-state index contributed by atoms with van der Waals surface area (Å²) in [4.78, 5) is 10.1. The molecule has 0 aliphatic rings. The fourth-order valence-electron chi connectivity index (χ4n) is 1.65. The Bertz CT molecular complexity index is 862. The van der Waals surface area contributed by atoms with Crippen LogP contribution in [0.15, 0.2) is 52.5 Å². The number of nitrogens with zero attached hydrogens (tertiary/aromatic N) is 2. The number of phenols is 1. The van der Waals surface area contributed by atoms with Crippen LogP contribution in [0.5, 0.6) is 5.75 Å². The van der Waals surface area contributed by atoms with E-state index in [4.69, 9.17) is 5.14 Å². The summed E-state index contributed by atoms with van der Waals surface area (Å²) in [7, 11) is -3.76. The van der Waals surface area contributed by atoms with Gasteiger partial charge in [0, 0.05) is 17.7 Å². The molecule has 0 saturated heterocycles. The maximum absolute atomic E-state index is 11.1. The van der Waals surface area contributed by atoms with Crippen molar-refractivity contribution in [3.05, 3.63) is 58.1 Å². The molecule has 2 rings (SSSR count). The fraction of sp³-hybridized carbons (Fsp3) is 0. The Morgan fingerprint density at radius 3 is 2.43 bits per heavy atom. The van der Waals surface area contributed by atoms with Crippen LogP contribution in [0.1, 0.15) is 5.56 Å². The van der Waals surface area contributed by atoms with Crippen molar-refractivity contribution in [3.63, 3.8) is 0 Å². The van der Waals surface area contributed by atoms with E-state index in [9.17, 15) is 23.6 Å². The van der Waals surface area contributed by atoms with Crippen LogP contribution in [0, 0.1) is 10.1 Å². The van der Waals surface area contributed by atoms with Gasteiger partial charge in [-0.15, -0.1) is 0 Å². The first-order chi connectivity index (χ1) is 10.8. The Kier molecular flexibility index (Phi) is 4.57. The summed E-state index contributed by atoms with van der Waals surface area (Å²) < 4.78 is 22.2. The number of non-ortho nitro benzene ring substituents is 1. The van der Waals surface area contributed by atoms with Gasteiger partial charge >= 0.3 is 0 Å². The third-order valence-electron chi connectivity index (χ3n) is 2.80. The molecule has 0 aliphatic carbocycles. The van der Waals surface area contributed by atoms with E-state index < -0.39 is 14.9 Å². The van der Waals surface area contributed by atoms with Gasteiger partial charge < -0.3 is 5.11 Å². The van der Waals surface area contributed by atoms with Crippen molar-refractivity contribution in [1.29, 1.82) is 0 Å². The summed E-state index contributed by atoms with van der Waals surface area (Å²) in [6.45, 7) is 0. The largest absolute Gasteiger partial charge is 0.507 e. The van der Waals surface area contributed by atoms with Gasteiger partial charge in [0.05, 0.1) is 21.7 Å². The van der Waals surface area contributed by atoms with E-state index in [1.165, 1.54) is 48.7 Å². The normalized spacial score (nSPS) is 11.5. The van der Waals surface area contributed by atoms with Gasteiger partial charge in [0.2, 0.25) is 10.0 Å². The second-order valence-corrected chi connectivity index (χ2v) is 6.00. The van der Waals surface area contributed by atoms with Gasteiger partial charge in [-0.1, -0.05) is 0 Å². The number of nitro benzene ring substituents is 1. The second-order valence-electron chi connectivity index (χ2n) is 4.44. The number of benzene rings is 2. The van der Waals surface area contributed by atoms with E-state index in [1.807, 2.05) is 0 Å². The van der Waals surface area contributed by atoms with E-state index in [2.05, 4.69) is 10.5 Å². The average Bonchev–Trinajstić information content (AvgIpc) is 2.48. The lowest BCUT2D eigenvalue weighted by atomic mass is 10.2. The van der Waals surface area contributed by atoms with E-state index in [0.29, 0.717) is 5.69 Å². The smallest absolute Gasteiger partial charge is 0.270 e. The molecule has 0 spiro atoms. The third kappa shape index (κ3) is 4.25. The zero-order valence-electron chi connectivity index (χ0n) is 11.6. The molecule has 9 nitrogen and oxygen atoms in total. The number of primary sulfonamides is 1. The average molecular weight is 336 g/mol. The van der Waals surface area contributed by atoms with E-state index in [1.54, 1.807) is 0 Å². The lowest BCUT2D eigenvalue weighted by Crippen LogP contribution is -2.11. The van der Waals surface area contributed by atoms with Gasteiger partial charge in [0.1, 0.15) is 5.75 Å². The molecule has 4 N–H and O–H groups in total. The van der Waals surface area contributed by atoms with Crippen LogP contribution in [0.2, 0.25) is 0 Å². The monoisotopic (exact) mass is 336 g/mol. The summed E-state index contributed by atoms with van der Waals surface area (Å²) in [6.07, 6.45) is 1.20. The minimum absolute atomic E-state index is 0.0386. The minimum atomic E-state index is -3.76. The Morgan fingerprint density at radius 2 is 1.87 bits per heavy atom. The summed E-state index contributed by atoms with van der Waals surface area (Å²) in [5.41, 5.74) is 3.05. The summed E-state index contributed by atoms with van der Waals surface area (Å²) in [5.74, 6) is -0.161. The van der Waals surface area contributed by atoms with Crippen molar-refractivity contribution < 1.29 is 18.4 Å². The molecule has 0 aliphatic heterocycles. The Balaban J connectivity index is 2.13. The van der Waals surface area contributed by atoms with Gasteiger partial charge in [-0.2, -0.15) is 5.10 Å². The van der Waals surface area contributed by atoms with Crippen molar-refractivity contribution in [2.75, 3.05) is 5.43 Å². The van der Waals surface area contributed by atoms with E-state index in [-0.39, 0.29) is 21.9 Å². The first kappa shape index (κ1) is 16.4. The lowest BCUT2D eigenvalue weighted by Gasteiger charge is -2.02. The molecule has 0 radical (unpaired) electrons. The van der Waals surface area contributed by atoms with Crippen LogP contribution in [0.4, 0.5) is 11.4 Å². The number of nitrogens with two attached hydrogens (primary N) is 1. The SMILES string of the molecule is NS(=O)(=O)c1ccc(N/N=C\c2cc([N+](=O)[O-])ccc2O)cc1. The molecule has 0 fully saturated rings. The number of anilines is 1. The third-order valence-corrected chi connectivity index (χ3v) is 3.73. The predicted octanol–water partition coefficient (Wildman–Crippen LogP) is 1.39. The summed E-state index contributed by atoms with van der Waals surface area (Å²) in [6, 6.07) is 9.04. The van der Waals surface area contributed by atoms with Crippen molar-refractivity contribution in [3.8, 4) is 5.75 Å². The Morgan fingerprint density at radius 1 is 1.22 bits per heavy atom. The van der Waals surface area contributed by atoms with Crippen LogP contribution in [0.3, 0.4) is 0 Å². The first-order valence-electron chi connectivity index (χ1n) is 6.17. The van der Waals surface area contributed by atoms with Crippen LogP contribution >= 0.6 is 0 Å². The number of nitrogens with one attached hydrogen (secondary N) is 1. The number of rotatable bonds is 5. The van der Waals surface area contributed by atoms with E-state index in [0.717, 1.165) is 0 Å². The molecule has 0 heterocycles. The van der Waals surface area contributed by atoms with Gasteiger partial charge in [-0.25, -0.2) is 13.6 Å². The van der Waals surface area contributed by atoms with Gasteiger partial charge in [0.15, 0.2) is 0 Å². The number of aromatic hydroxyl groups is 1. The maximum atomic E-state index is 11.1. The molecule has 120 valence electrons. The molecule has 2 aromatic rings. The molecular weight excluding hydrogens is 324 g/mol. The zero-order chi connectivity index (χ0) is 17.0.